The fourth-order valence-electron chi connectivity index (χ4n) is 1.49. The summed E-state index contributed by atoms with van der Waals surface area (Å²) in [5.41, 5.74) is 5.71. The zero-order valence-electron chi connectivity index (χ0n) is 9.71. The number of hydrogen-bond donors (Lipinski definition) is 2. The predicted octanol–water partition coefficient (Wildman–Crippen LogP) is 2.31. The van der Waals surface area contributed by atoms with E-state index in [-0.39, 0.29) is 10.6 Å². The van der Waals surface area contributed by atoms with Crippen LogP contribution in [0.25, 0.3) is 0 Å². The Morgan fingerprint density at radius 2 is 1.58 bits per heavy atom. The Hall–Kier alpha value is -1.32. The summed E-state index contributed by atoms with van der Waals surface area (Å²) >= 11 is 2.19. The van der Waals surface area contributed by atoms with Crippen LogP contribution in [-0.4, -0.2) is 8.42 Å². The highest BCUT2D eigenvalue weighted by atomic mass is 127. The molecule has 0 saturated carbocycles. The first kappa shape index (κ1) is 14.1. The molecule has 0 spiro atoms. The molecule has 100 valence electrons. The minimum absolute atomic E-state index is 0.0607. The van der Waals surface area contributed by atoms with E-state index in [1.807, 2.05) is 24.3 Å². The van der Waals surface area contributed by atoms with Crippen molar-refractivity contribution in [3.05, 3.63) is 46.0 Å². The summed E-state index contributed by atoms with van der Waals surface area (Å²) in [5, 5.41) is 5.03. The van der Waals surface area contributed by atoms with E-state index in [4.69, 9.17) is 15.6 Å². The van der Waals surface area contributed by atoms with Gasteiger partial charge in [-0.1, -0.05) is 0 Å². The van der Waals surface area contributed by atoms with E-state index in [9.17, 15) is 8.42 Å². The number of nitrogens with two attached hydrogens (primary N) is 2. The molecule has 2 aromatic carbocycles. The molecule has 0 bridgehead atoms. The number of sulfonamides is 1. The van der Waals surface area contributed by atoms with Gasteiger partial charge in [-0.25, -0.2) is 13.6 Å². The summed E-state index contributed by atoms with van der Waals surface area (Å²) in [6.07, 6.45) is 0. The molecular weight excluding hydrogens is 379 g/mol. The summed E-state index contributed by atoms with van der Waals surface area (Å²) < 4.78 is 29.1. The Kier molecular flexibility index (Phi) is 3.97. The van der Waals surface area contributed by atoms with Gasteiger partial charge in [-0.2, -0.15) is 0 Å². The summed E-state index contributed by atoms with van der Waals surface area (Å²) in [4.78, 5) is -0.109. The van der Waals surface area contributed by atoms with E-state index >= 15 is 0 Å². The number of halogens is 1. The van der Waals surface area contributed by atoms with E-state index in [0.717, 1.165) is 3.57 Å². The molecule has 0 fully saturated rings. The van der Waals surface area contributed by atoms with Crippen LogP contribution in [0.2, 0.25) is 0 Å². The molecule has 2 rings (SSSR count). The maximum absolute atomic E-state index is 11.2. The number of benzene rings is 2. The second kappa shape index (κ2) is 5.35. The van der Waals surface area contributed by atoms with Crippen molar-refractivity contribution in [1.29, 1.82) is 0 Å². The Morgan fingerprint density at radius 1 is 1.00 bits per heavy atom. The Morgan fingerprint density at radius 3 is 2.11 bits per heavy atom. The van der Waals surface area contributed by atoms with Crippen molar-refractivity contribution in [1.82, 2.24) is 0 Å². The van der Waals surface area contributed by atoms with Gasteiger partial charge in [0.25, 0.3) is 0 Å². The third-order valence-electron chi connectivity index (χ3n) is 2.34. The van der Waals surface area contributed by atoms with Gasteiger partial charge in [0.1, 0.15) is 16.4 Å². The van der Waals surface area contributed by atoms with Crippen LogP contribution < -0.4 is 15.6 Å². The minimum atomic E-state index is -3.81. The summed E-state index contributed by atoms with van der Waals surface area (Å²) in [7, 11) is -3.81. The largest absolute Gasteiger partial charge is 0.457 e. The fourth-order valence-corrected chi connectivity index (χ4v) is 2.49. The number of primary sulfonamides is 1. The standard InChI is InChI=1S/C12H11IN2O3S/c13-8-1-3-9(4-2-8)18-10-5-6-12(11(14)7-10)19(15,16)17/h1-7H,14H2,(H2,15,16,17). The molecule has 0 aliphatic rings. The van der Waals surface area contributed by atoms with Gasteiger partial charge in [0.2, 0.25) is 10.0 Å². The number of nitrogen functional groups attached to an aromatic ring is 1. The van der Waals surface area contributed by atoms with E-state index in [0.29, 0.717) is 11.5 Å². The number of anilines is 1. The lowest BCUT2D eigenvalue weighted by atomic mass is 10.3. The van der Waals surface area contributed by atoms with Crippen LogP contribution in [-0.2, 0) is 10.0 Å². The number of rotatable bonds is 3. The molecule has 2 aromatic rings. The van der Waals surface area contributed by atoms with Gasteiger partial charge >= 0.3 is 0 Å². The van der Waals surface area contributed by atoms with Gasteiger partial charge in [-0.3, -0.25) is 0 Å². The minimum Gasteiger partial charge on any atom is -0.457 e. The van der Waals surface area contributed by atoms with Gasteiger partial charge in [0.15, 0.2) is 0 Å². The molecule has 19 heavy (non-hydrogen) atoms. The van der Waals surface area contributed by atoms with Gasteiger partial charge in [0.05, 0.1) is 5.69 Å². The number of ether oxygens (including phenoxy) is 1. The van der Waals surface area contributed by atoms with Crippen LogP contribution in [0.15, 0.2) is 47.4 Å². The lowest BCUT2D eigenvalue weighted by Crippen LogP contribution is -2.14. The summed E-state index contributed by atoms with van der Waals surface area (Å²) in [6.45, 7) is 0. The first-order valence-electron chi connectivity index (χ1n) is 5.22. The molecule has 0 aromatic heterocycles. The van der Waals surface area contributed by atoms with Crippen molar-refractivity contribution in [3.63, 3.8) is 0 Å². The lowest BCUT2D eigenvalue weighted by molar-refractivity contribution is 0.482. The van der Waals surface area contributed by atoms with Crippen molar-refractivity contribution in [3.8, 4) is 11.5 Å². The SMILES string of the molecule is Nc1cc(Oc2ccc(I)cc2)ccc1S(N)(=O)=O. The highest BCUT2D eigenvalue weighted by molar-refractivity contribution is 14.1. The van der Waals surface area contributed by atoms with E-state index < -0.39 is 10.0 Å². The Balaban J connectivity index is 2.28. The quantitative estimate of drug-likeness (QED) is 0.621. The molecule has 0 amide bonds. The van der Waals surface area contributed by atoms with Crippen molar-refractivity contribution in [2.45, 2.75) is 4.90 Å². The van der Waals surface area contributed by atoms with Gasteiger partial charge < -0.3 is 10.5 Å². The average molecular weight is 390 g/mol. The maximum Gasteiger partial charge on any atom is 0.240 e. The second-order valence-corrected chi connectivity index (χ2v) is 6.58. The summed E-state index contributed by atoms with van der Waals surface area (Å²) in [5.74, 6) is 1.09. The van der Waals surface area contributed by atoms with Crippen LogP contribution in [0, 0.1) is 3.57 Å². The first-order valence-corrected chi connectivity index (χ1v) is 7.84. The summed E-state index contributed by atoms with van der Waals surface area (Å²) in [6, 6.07) is 11.7. The van der Waals surface area contributed by atoms with Crippen molar-refractivity contribution in [2.24, 2.45) is 5.14 Å². The van der Waals surface area contributed by atoms with Gasteiger partial charge in [-0.05, 0) is 59.0 Å². The highest BCUT2D eigenvalue weighted by Gasteiger charge is 2.12. The van der Waals surface area contributed by atoms with Crippen LogP contribution in [0.1, 0.15) is 0 Å². The third kappa shape index (κ3) is 3.58. The van der Waals surface area contributed by atoms with Crippen molar-refractivity contribution >= 4 is 38.3 Å². The molecule has 0 aliphatic heterocycles. The molecule has 0 atom stereocenters. The van der Waals surface area contributed by atoms with E-state index in [1.54, 1.807) is 0 Å². The molecule has 4 N–H and O–H groups in total. The van der Waals surface area contributed by atoms with Crippen molar-refractivity contribution in [2.75, 3.05) is 5.73 Å². The zero-order chi connectivity index (χ0) is 14.0. The molecule has 0 aliphatic carbocycles. The Labute approximate surface area is 124 Å². The monoisotopic (exact) mass is 390 g/mol. The first-order chi connectivity index (χ1) is 8.86. The topological polar surface area (TPSA) is 95.4 Å². The van der Waals surface area contributed by atoms with Gasteiger partial charge in [-0.15, -0.1) is 0 Å². The van der Waals surface area contributed by atoms with Crippen LogP contribution in [0.4, 0.5) is 5.69 Å². The number of hydrogen-bond acceptors (Lipinski definition) is 4. The average Bonchev–Trinajstić information content (AvgIpc) is 2.30. The normalized spacial score (nSPS) is 11.3. The van der Waals surface area contributed by atoms with Crippen LogP contribution >= 0.6 is 22.6 Å². The fraction of sp³-hybridized carbons (Fsp3) is 0. The van der Waals surface area contributed by atoms with E-state index in [1.165, 1.54) is 18.2 Å². The molecule has 0 radical (unpaired) electrons. The van der Waals surface area contributed by atoms with Crippen LogP contribution in [0.3, 0.4) is 0 Å². The van der Waals surface area contributed by atoms with Crippen LogP contribution in [0.5, 0.6) is 11.5 Å². The van der Waals surface area contributed by atoms with Crippen molar-refractivity contribution < 1.29 is 13.2 Å². The highest BCUT2D eigenvalue weighted by Crippen LogP contribution is 2.27. The second-order valence-electron chi connectivity index (χ2n) is 3.80. The van der Waals surface area contributed by atoms with Gasteiger partial charge in [0, 0.05) is 9.64 Å². The third-order valence-corrected chi connectivity index (χ3v) is 4.04. The molecule has 0 heterocycles. The molecule has 5 nitrogen and oxygen atoms in total. The van der Waals surface area contributed by atoms with E-state index in [2.05, 4.69) is 22.6 Å². The lowest BCUT2D eigenvalue weighted by Gasteiger charge is -2.08. The molecule has 0 saturated heterocycles. The predicted molar refractivity (Wildman–Crippen MR) is 81.5 cm³/mol. The Bertz CT molecular complexity index is 699. The smallest absolute Gasteiger partial charge is 0.240 e. The molecule has 0 unspecified atom stereocenters. The maximum atomic E-state index is 11.2. The molecular formula is C12H11IN2O3S. The molecule has 7 heteroatoms. The zero-order valence-corrected chi connectivity index (χ0v) is 12.7.